The number of aryl methyl sites for hydroxylation is 2. The number of halogens is 3. The van der Waals surface area contributed by atoms with E-state index < -0.39 is 23.5 Å². The lowest BCUT2D eigenvalue weighted by Crippen LogP contribution is -2.57. The summed E-state index contributed by atoms with van der Waals surface area (Å²) in [6, 6.07) is 0.668. The molecule has 3 atom stereocenters. The molecule has 0 saturated carbocycles. The lowest BCUT2D eigenvalue weighted by Gasteiger charge is -2.44. The third kappa shape index (κ3) is 6.12. The molecule has 13 heteroatoms. The van der Waals surface area contributed by atoms with Crippen LogP contribution in [0.4, 0.5) is 13.2 Å². The summed E-state index contributed by atoms with van der Waals surface area (Å²) in [6.07, 6.45) is 3.66. The first kappa shape index (κ1) is 29.5. The molecular weight excluding hydrogens is 571 g/mol. The number of rotatable bonds is 8. The van der Waals surface area contributed by atoms with E-state index in [2.05, 4.69) is 52.9 Å². The van der Waals surface area contributed by atoms with Gasteiger partial charge in [-0.1, -0.05) is 5.21 Å². The van der Waals surface area contributed by atoms with Crippen molar-refractivity contribution < 1.29 is 18.0 Å². The Balaban J connectivity index is 1.17. The third-order valence-electron chi connectivity index (χ3n) is 7.70. The van der Waals surface area contributed by atoms with Crippen molar-refractivity contribution in [3.05, 3.63) is 63.8 Å². The number of benzene rings is 1. The summed E-state index contributed by atoms with van der Waals surface area (Å²) in [5, 5.41) is 10.3. The van der Waals surface area contributed by atoms with Crippen LogP contribution in [0.25, 0.3) is 10.2 Å². The van der Waals surface area contributed by atoms with Crippen LogP contribution in [0.2, 0.25) is 0 Å². The highest BCUT2D eigenvalue weighted by molar-refractivity contribution is 7.99. The van der Waals surface area contributed by atoms with Gasteiger partial charge in [-0.15, -0.1) is 28.2 Å². The van der Waals surface area contributed by atoms with Crippen molar-refractivity contribution in [2.24, 2.45) is 0 Å². The van der Waals surface area contributed by atoms with Gasteiger partial charge in [-0.25, -0.2) is 27.8 Å². The van der Waals surface area contributed by atoms with Gasteiger partial charge in [0.15, 0.2) is 0 Å². The molecule has 1 fully saturated rings. The number of hydrogen-bond acceptors (Lipinski definition) is 8. The van der Waals surface area contributed by atoms with E-state index >= 15 is 0 Å². The van der Waals surface area contributed by atoms with Crippen molar-refractivity contribution in [2.75, 3.05) is 18.8 Å². The summed E-state index contributed by atoms with van der Waals surface area (Å²) in [5.41, 5.74) is 1.58. The number of thiophene rings is 1. The number of nitrogens with zero attached hydrogens (tertiary/aromatic N) is 7. The lowest BCUT2D eigenvalue weighted by atomic mass is 10.1. The van der Waals surface area contributed by atoms with Crippen molar-refractivity contribution in [1.82, 2.24) is 34.8 Å². The molecule has 4 heterocycles. The number of carbonyl (C=O) groups excluding carboxylic acids is 1. The van der Waals surface area contributed by atoms with Gasteiger partial charge in [0.2, 0.25) is 5.91 Å². The first-order valence-corrected chi connectivity index (χ1v) is 15.3. The molecule has 0 bridgehead atoms. The van der Waals surface area contributed by atoms with Crippen LogP contribution in [0.3, 0.4) is 0 Å². The van der Waals surface area contributed by atoms with E-state index in [0.717, 1.165) is 15.2 Å². The Morgan fingerprint density at radius 2 is 1.80 bits per heavy atom. The summed E-state index contributed by atoms with van der Waals surface area (Å²) in [5.74, 6) is -2.14. The Bertz CT molecular complexity index is 1540. The van der Waals surface area contributed by atoms with Crippen molar-refractivity contribution in [3.63, 3.8) is 0 Å². The maximum absolute atomic E-state index is 14.3. The standard InChI is InChI=1S/C28H32F3N7OS2/c1-15-10-36(24(39)6-7-40-27-25-17(3)19(5)41-28(25)33-14-32-27)11-16(2)37(15)12-21-13-38(35-34-21)18(4)26-22(30)8-20(29)9-23(26)31/h8-9,13-16,18H,6-7,10-12H2,1-5H3/t15-,16+,18-/m1/s1. The van der Waals surface area contributed by atoms with E-state index in [1.54, 1.807) is 42.5 Å². The fourth-order valence-electron chi connectivity index (χ4n) is 5.37. The van der Waals surface area contributed by atoms with E-state index in [9.17, 15) is 18.0 Å². The zero-order valence-corrected chi connectivity index (χ0v) is 25.2. The van der Waals surface area contributed by atoms with Gasteiger partial charge >= 0.3 is 0 Å². The fourth-order valence-corrected chi connectivity index (χ4v) is 7.42. The van der Waals surface area contributed by atoms with Crippen LogP contribution < -0.4 is 0 Å². The molecule has 0 aliphatic carbocycles. The summed E-state index contributed by atoms with van der Waals surface area (Å²) >= 11 is 3.26. The molecule has 41 heavy (non-hydrogen) atoms. The van der Waals surface area contributed by atoms with Crippen molar-refractivity contribution >= 4 is 39.2 Å². The molecule has 0 N–H and O–H groups in total. The summed E-state index contributed by atoms with van der Waals surface area (Å²) in [4.78, 5) is 28.3. The van der Waals surface area contributed by atoms with Gasteiger partial charge in [-0.05, 0) is 40.2 Å². The van der Waals surface area contributed by atoms with Crippen LogP contribution in [0, 0.1) is 31.3 Å². The van der Waals surface area contributed by atoms with Crippen LogP contribution in [-0.2, 0) is 11.3 Å². The minimum Gasteiger partial charge on any atom is -0.340 e. The minimum absolute atomic E-state index is 0.0721. The van der Waals surface area contributed by atoms with Gasteiger partial charge in [0.05, 0.1) is 17.9 Å². The summed E-state index contributed by atoms with van der Waals surface area (Å²) in [6.45, 7) is 11.5. The number of fused-ring (bicyclic) bond motifs is 1. The van der Waals surface area contributed by atoms with Gasteiger partial charge in [-0.2, -0.15) is 0 Å². The Kier molecular flexibility index (Phi) is 8.67. The largest absolute Gasteiger partial charge is 0.340 e. The quantitative estimate of drug-likeness (QED) is 0.194. The maximum Gasteiger partial charge on any atom is 0.223 e. The highest BCUT2D eigenvalue weighted by Gasteiger charge is 2.32. The second kappa shape index (κ2) is 12.1. The van der Waals surface area contributed by atoms with Crippen molar-refractivity contribution in [1.29, 1.82) is 0 Å². The van der Waals surface area contributed by atoms with E-state index in [0.29, 0.717) is 49.6 Å². The SMILES string of the molecule is Cc1sc2ncnc(SCCC(=O)N3C[C@@H](C)N(Cc4cn([C@H](C)c5c(F)cc(F)cc5F)nn4)[C@@H](C)C3)c2c1C. The van der Waals surface area contributed by atoms with Gasteiger partial charge in [-0.3, -0.25) is 9.69 Å². The highest BCUT2D eigenvalue weighted by atomic mass is 32.2. The molecule has 0 unspecified atom stereocenters. The molecule has 5 rings (SSSR count). The zero-order valence-electron chi connectivity index (χ0n) is 23.6. The number of aromatic nitrogens is 5. The van der Waals surface area contributed by atoms with E-state index in [1.807, 2.05) is 4.90 Å². The molecule has 1 saturated heterocycles. The van der Waals surface area contributed by atoms with E-state index in [-0.39, 0.29) is 23.6 Å². The molecule has 1 aliphatic rings. The smallest absolute Gasteiger partial charge is 0.223 e. The van der Waals surface area contributed by atoms with Crippen LogP contribution in [0.5, 0.6) is 0 Å². The molecule has 0 spiro atoms. The number of piperazine rings is 1. The predicted molar refractivity (Wildman–Crippen MR) is 153 cm³/mol. The first-order chi connectivity index (χ1) is 19.5. The number of hydrogen-bond donors (Lipinski definition) is 0. The fraction of sp³-hybridized carbons (Fsp3) is 0.464. The predicted octanol–water partition coefficient (Wildman–Crippen LogP) is 5.53. The van der Waals surface area contributed by atoms with E-state index in [1.165, 1.54) is 15.1 Å². The highest BCUT2D eigenvalue weighted by Crippen LogP contribution is 2.34. The Labute approximate surface area is 245 Å². The minimum atomic E-state index is -0.967. The molecule has 1 amide bonds. The summed E-state index contributed by atoms with van der Waals surface area (Å²) < 4.78 is 43.3. The van der Waals surface area contributed by atoms with Crippen molar-refractivity contribution in [3.8, 4) is 0 Å². The van der Waals surface area contributed by atoms with Crippen molar-refractivity contribution in [2.45, 2.75) is 70.7 Å². The molecule has 8 nitrogen and oxygen atoms in total. The Hall–Kier alpha value is -3.03. The van der Waals surface area contributed by atoms with Gasteiger partial charge in [0.25, 0.3) is 0 Å². The molecule has 3 aromatic heterocycles. The van der Waals surface area contributed by atoms with Crippen LogP contribution >= 0.6 is 23.1 Å². The monoisotopic (exact) mass is 603 g/mol. The molecule has 218 valence electrons. The third-order valence-corrected chi connectivity index (χ3v) is 9.81. The topological polar surface area (TPSA) is 80.0 Å². The maximum atomic E-state index is 14.3. The second-order valence-electron chi connectivity index (χ2n) is 10.6. The van der Waals surface area contributed by atoms with Crippen LogP contribution in [0.15, 0.2) is 29.7 Å². The molecule has 1 aromatic carbocycles. The van der Waals surface area contributed by atoms with Gasteiger partial charge < -0.3 is 4.90 Å². The number of thioether (sulfide) groups is 1. The van der Waals surface area contributed by atoms with E-state index in [4.69, 9.17) is 0 Å². The van der Waals surface area contributed by atoms with Gasteiger partial charge in [0, 0.05) is 71.9 Å². The second-order valence-corrected chi connectivity index (χ2v) is 12.8. The number of amides is 1. The normalized spacial score (nSPS) is 18.8. The molecule has 1 aliphatic heterocycles. The number of carbonyl (C=O) groups is 1. The average Bonchev–Trinajstić information content (AvgIpc) is 3.49. The average molecular weight is 604 g/mol. The molecular formula is C28H32F3N7OS2. The van der Waals surface area contributed by atoms with Crippen LogP contribution in [0.1, 0.15) is 54.9 Å². The summed E-state index contributed by atoms with van der Waals surface area (Å²) in [7, 11) is 0. The molecule has 4 aromatic rings. The zero-order chi connectivity index (χ0) is 29.4. The Morgan fingerprint density at radius 1 is 1.12 bits per heavy atom. The lowest BCUT2D eigenvalue weighted by molar-refractivity contribution is -0.135. The first-order valence-electron chi connectivity index (χ1n) is 13.5. The Morgan fingerprint density at radius 3 is 2.49 bits per heavy atom. The van der Waals surface area contributed by atoms with Gasteiger partial charge in [0.1, 0.15) is 33.6 Å². The van der Waals surface area contributed by atoms with Crippen LogP contribution in [-0.4, -0.2) is 71.6 Å². The molecule has 0 radical (unpaired) electrons.